The Balaban J connectivity index is 3.18. The summed E-state index contributed by atoms with van der Waals surface area (Å²) >= 11 is 0. The van der Waals surface area contributed by atoms with Crippen LogP contribution in [0.1, 0.15) is 40.2 Å². The maximum absolute atomic E-state index is 4.51. The fourth-order valence-corrected chi connectivity index (χ4v) is 2.13. The summed E-state index contributed by atoms with van der Waals surface area (Å²) < 4.78 is 0. The largest absolute Gasteiger partial charge is 0.373 e. The van der Waals surface area contributed by atoms with Gasteiger partial charge in [-0.05, 0) is 26.2 Å². The fraction of sp³-hybridized carbons (Fsp3) is 0.714. The lowest BCUT2D eigenvalue weighted by Crippen LogP contribution is -2.35. The average Bonchev–Trinajstić information content (AvgIpc) is 2.34. The summed E-state index contributed by atoms with van der Waals surface area (Å²) in [6, 6.07) is 0.442. The monoisotopic (exact) mass is 250 g/mol. The highest BCUT2D eigenvalue weighted by Gasteiger charge is 2.18. The molecule has 4 heteroatoms. The zero-order chi connectivity index (χ0) is 13.7. The third-order valence-corrected chi connectivity index (χ3v) is 2.97. The minimum absolute atomic E-state index is 0.442. The summed E-state index contributed by atoms with van der Waals surface area (Å²) in [6.07, 6.45) is 2.59. The van der Waals surface area contributed by atoms with Crippen molar-refractivity contribution in [3.63, 3.8) is 0 Å². The highest BCUT2D eigenvalue weighted by Crippen LogP contribution is 2.25. The Morgan fingerprint density at radius 3 is 2.33 bits per heavy atom. The van der Waals surface area contributed by atoms with Gasteiger partial charge in [-0.25, -0.2) is 9.97 Å². The molecule has 0 saturated carbocycles. The van der Waals surface area contributed by atoms with Crippen LogP contribution in [0.3, 0.4) is 0 Å². The second-order valence-electron chi connectivity index (χ2n) is 5.27. The van der Waals surface area contributed by atoms with E-state index in [4.69, 9.17) is 0 Å². The van der Waals surface area contributed by atoms with Crippen molar-refractivity contribution in [2.45, 2.75) is 47.1 Å². The van der Waals surface area contributed by atoms with E-state index in [-0.39, 0.29) is 0 Å². The van der Waals surface area contributed by atoms with Crippen molar-refractivity contribution >= 4 is 11.6 Å². The fourth-order valence-electron chi connectivity index (χ4n) is 2.13. The Morgan fingerprint density at radius 2 is 1.89 bits per heavy atom. The van der Waals surface area contributed by atoms with Crippen LogP contribution in [-0.4, -0.2) is 29.6 Å². The molecule has 0 fully saturated rings. The number of anilines is 2. The third-order valence-electron chi connectivity index (χ3n) is 2.97. The highest BCUT2D eigenvalue weighted by molar-refractivity contribution is 5.58. The van der Waals surface area contributed by atoms with Crippen LogP contribution in [0.5, 0.6) is 0 Å². The predicted molar refractivity (Wildman–Crippen MR) is 78.3 cm³/mol. The molecule has 0 aliphatic rings. The van der Waals surface area contributed by atoms with Crippen LogP contribution in [0, 0.1) is 5.92 Å². The minimum atomic E-state index is 0.442. The number of hydrogen-bond donors (Lipinski definition) is 1. The first-order chi connectivity index (χ1) is 8.51. The molecule has 0 radical (unpaired) electrons. The summed E-state index contributed by atoms with van der Waals surface area (Å²) in [5.41, 5.74) is 1.20. The van der Waals surface area contributed by atoms with E-state index in [1.54, 1.807) is 6.33 Å². The first kappa shape index (κ1) is 14.7. The van der Waals surface area contributed by atoms with Crippen molar-refractivity contribution in [2.24, 2.45) is 5.92 Å². The van der Waals surface area contributed by atoms with Crippen LogP contribution in [0.15, 0.2) is 6.33 Å². The Hall–Kier alpha value is -1.32. The molecule has 1 aromatic heterocycles. The van der Waals surface area contributed by atoms with Crippen LogP contribution < -0.4 is 10.2 Å². The maximum atomic E-state index is 4.51. The molecule has 1 aromatic rings. The number of rotatable bonds is 6. The number of nitrogens with one attached hydrogen (secondary N) is 1. The van der Waals surface area contributed by atoms with Crippen molar-refractivity contribution in [1.29, 1.82) is 0 Å². The zero-order valence-corrected chi connectivity index (χ0v) is 12.5. The standard InChI is InChI=1S/C14H26N4/c1-7-12-13(15-6)16-9-17-14(12)18(11(4)5)8-10(2)3/h9-11H,7-8H2,1-6H3,(H,15,16,17). The molecule has 0 unspecified atom stereocenters. The molecule has 1 rings (SSSR count). The van der Waals surface area contributed by atoms with Gasteiger partial charge in [-0.3, -0.25) is 0 Å². The second-order valence-corrected chi connectivity index (χ2v) is 5.27. The predicted octanol–water partition coefficient (Wildman–Crippen LogP) is 2.95. The van der Waals surface area contributed by atoms with Gasteiger partial charge in [0.05, 0.1) is 0 Å². The quantitative estimate of drug-likeness (QED) is 0.843. The van der Waals surface area contributed by atoms with Crippen molar-refractivity contribution in [2.75, 3.05) is 23.8 Å². The first-order valence-electron chi connectivity index (χ1n) is 6.79. The molecule has 0 aliphatic heterocycles. The maximum Gasteiger partial charge on any atom is 0.137 e. The number of aromatic nitrogens is 2. The highest BCUT2D eigenvalue weighted by atomic mass is 15.2. The number of hydrogen-bond acceptors (Lipinski definition) is 4. The summed E-state index contributed by atoms with van der Waals surface area (Å²) in [7, 11) is 1.91. The van der Waals surface area contributed by atoms with E-state index in [2.05, 4.69) is 54.8 Å². The summed E-state index contributed by atoms with van der Waals surface area (Å²) in [5.74, 6) is 2.63. The number of nitrogens with zero attached hydrogens (tertiary/aromatic N) is 3. The molecule has 4 nitrogen and oxygen atoms in total. The lowest BCUT2D eigenvalue weighted by Gasteiger charge is -2.31. The molecular weight excluding hydrogens is 224 g/mol. The Labute approximate surface area is 111 Å². The first-order valence-corrected chi connectivity index (χ1v) is 6.79. The van der Waals surface area contributed by atoms with Gasteiger partial charge in [-0.15, -0.1) is 0 Å². The smallest absolute Gasteiger partial charge is 0.137 e. The van der Waals surface area contributed by atoms with Gasteiger partial charge in [0, 0.05) is 25.2 Å². The van der Waals surface area contributed by atoms with Gasteiger partial charge in [0.1, 0.15) is 18.0 Å². The van der Waals surface area contributed by atoms with E-state index in [1.807, 2.05) is 7.05 Å². The van der Waals surface area contributed by atoms with Crippen molar-refractivity contribution in [3.8, 4) is 0 Å². The van der Waals surface area contributed by atoms with Gasteiger partial charge in [0.2, 0.25) is 0 Å². The molecule has 1 heterocycles. The molecule has 18 heavy (non-hydrogen) atoms. The Morgan fingerprint density at radius 1 is 1.22 bits per heavy atom. The van der Waals surface area contributed by atoms with E-state index in [0.29, 0.717) is 12.0 Å². The minimum Gasteiger partial charge on any atom is -0.373 e. The molecule has 0 atom stereocenters. The van der Waals surface area contributed by atoms with Crippen molar-refractivity contribution < 1.29 is 0 Å². The van der Waals surface area contributed by atoms with E-state index in [0.717, 1.165) is 24.6 Å². The van der Waals surface area contributed by atoms with E-state index >= 15 is 0 Å². The Bertz CT molecular complexity index is 374. The molecule has 0 amide bonds. The van der Waals surface area contributed by atoms with E-state index in [1.165, 1.54) is 5.56 Å². The van der Waals surface area contributed by atoms with E-state index in [9.17, 15) is 0 Å². The zero-order valence-electron chi connectivity index (χ0n) is 12.5. The van der Waals surface area contributed by atoms with Crippen LogP contribution >= 0.6 is 0 Å². The van der Waals surface area contributed by atoms with E-state index < -0.39 is 0 Å². The van der Waals surface area contributed by atoms with Crippen LogP contribution in [0.2, 0.25) is 0 Å². The molecule has 0 saturated heterocycles. The van der Waals surface area contributed by atoms with Crippen molar-refractivity contribution in [3.05, 3.63) is 11.9 Å². The average molecular weight is 250 g/mol. The summed E-state index contributed by atoms with van der Waals surface area (Å²) in [6.45, 7) is 12.1. The topological polar surface area (TPSA) is 41.1 Å². The second kappa shape index (κ2) is 6.57. The third kappa shape index (κ3) is 3.34. The molecule has 102 valence electrons. The molecule has 0 aromatic carbocycles. The normalized spacial score (nSPS) is 11.1. The molecule has 0 aliphatic carbocycles. The Kier molecular flexibility index (Phi) is 5.38. The molecule has 0 spiro atoms. The van der Waals surface area contributed by atoms with Gasteiger partial charge in [0.25, 0.3) is 0 Å². The van der Waals surface area contributed by atoms with Gasteiger partial charge in [-0.1, -0.05) is 20.8 Å². The van der Waals surface area contributed by atoms with Gasteiger partial charge in [0.15, 0.2) is 0 Å². The van der Waals surface area contributed by atoms with Gasteiger partial charge >= 0.3 is 0 Å². The van der Waals surface area contributed by atoms with Crippen LogP contribution in [0.25, 0.3) is 0 Å². The van der Waals surface area contributed by atoms with Gasteiger partial charge < -0.3 is 10.2 Å². The van der Waals surface area contributed by atoms with Gasteiger partial charge in [-0.2, -0.15) is 0 Å². The molecule has 1 N–H and O–H groups in total. The van der Waals surface area contributed by atoms with Crippen LogP contribution in [0.4, 0.5) is 11.6 Å². The summed E-state index contributed by atoms with van der Waals surface area (Å²) in [5, 5.41) is 3.16. The molecule has 0 bridgehead atoms. The van der Waals surface area contributed by atoms with Crippen molar-refractivity contribution in [1.82, 2.24) is 9.97 Å². The lowest BCUT2D eigenvalue weighted by atomic mass is 10.1. The summed E-state index contributed by atoms with van der Waals surface area (Å²) in [4.78, 5) is 11.2. The SMILES string of the molecule is CCc1c(NC)ncnc1N(CC(C)C)C(C)C. The molecular formula is C14H26N4. The van der Waals surface area contributed by atoms with Crippen LogP contribution in [-0.2, 0) is 6.42 Å². The lowest BCUT2D eigenvalue weighted by molar-refractivity contribution is 0.564.